The van der Waals surface area contributed by atoms with Crippen molar-refractivity contribution < 1.29 is 18.3 Å². The average Bonchev–Trinajstić information content (AvgIpc) is 2.47. The van der Waals surface area contributed by atoms with Crippen molar-refractivity contribution >= 4 is 11.9 Å². The number of carbonyl (C=O) groups is 1. The molecule has 0 fully saturated rings. The zero-order chi connectivity index (χ0) is 15.4. The minimum absolute atomic E-state index is 0.107. The minimum atomic E-state index is -1.03. The van der Waals surface area contributed by atoms with Crippen LogP contribution in [0, 0.1) is 18.6 Å². The Morgan fingerprint density at radius 3 is 2.48 bits per heavy atom. The van der Waals surface area contributed by atoms with Crippen LogP contribution in [-0.2, 0) is 0 Å². The lowest BCUT2D eigenvalue weighted by Gasteiger charge is -2.04. The summed E-state index contributed by atoms with van der Waals surface area (Å²) in [7, 11) is 1.59. The molecule has 0 aromatic heterocycles. The van der Waals surface area contributed by atoms with E-state index >= 15 is 0 Å². The van der Waals surface area contributed by atoms with Crippen LogP contribution in [0.3, 0.4) is 0 Å². The van der Waals surface area contributed by atoms with Gasteiger partial charge in [-0.2, -0.15) is 0 Å². The molecule has 0 unspecified atom stereocenters. The van der Waals surface area contributed by atoms with Gasteiger partial charge in [-0.25, -0.2) is 8.78 Å². The summed E-state index contributed by atoms with van der Waals surface area (Å²) < 4.78 is 31.0. The van der Waals surface area contributed by atoms with Crippen LogP contribution >= 0.6 is 0 Å². The SMILES string of the molecule is COc1ccc(C=CC(=O)c2ccc(F)c(F)c2)cc1C. The number of carbonyl (C=O) groups excluding carboxylic acids is 1. The molecule has 0 saturated carbocycles. The van der Waals surface area contributed by atoms with E-state index in [1.807, 2.05) is 13.0 Å². The molecule has 108 valence electrons. The van der Waals surface area contributed by atoms with E-state index in [-0.39, 0.29) is 11.3 Å². The van der Waals surface area contributed by atoms with Gasteiger partial charge in [0, 0.05) is 5.56 Å². The predicted octanol–water partition coefficient (Wildman–Crippen LogP) is 4.18. The number of halogens is 2. The van der Waals surface area contributed by atoms with Crippen LogP contribution in [0.1, 0.15) is 21.5 Å². The van der Waals surface area contributed by atoms with E-state index in [9.17, 15) is 13.6 Å². The highest BCUT2D eigenvalue weighted by atomic mass is 19.2. The van der Waals surface area contributed by atoms with Crippen molar-refractivity contribution in [2.24, 2.45) is 0 Å². The molecule has 0 atom stereocenters. The molecular formula is C17H14F2O2. The molecule has 2 nitrogen and oxygen atoms in total. The zero-order valence-corrected chi connectivity index (χ0v) is 11.7. The Kier molecular flexibility index (Phi) is 4.48. The van der Waals surface area contributed by atoms with Gasteiger partial charge in [-0.3, -0.25) is 4.79 Å². The van der Waals surface area contributed by atoms with E-state index < -0.39 is 11.6 Å². The highest BCUT2D eigenvalue weighted by Gasteiger charge is 2.07. The molecule has 0 N–H and O–H groups in total. The molecule has 0 radical (unpaired) electrons. The lowest BCUT2D eigenvalue weighted by molar-refractivity contribution is 0.104. The summed E-state index contributed by atoms with van der Waals surface area (Å²) in [6.45, 7) is 1.90. The Morgan fingerprint density at radius 2 is 1.86 bits per heavy atom. The van der Waals surface area contributed by atoms with Crippen molar-refractivity contribution in [1.29, 1.82) is 0 Å². The number of allylic oxidation sites excluding steroid dienone is 1. The fourth-order valence-electron chi connectivity index (χ4n) is 1.92. The second-order valence-corrected chi connectivity index (χ2v) is 4.56. The lowest BCUT2D eigenvalue weighted by Crippen LogP contribution is -1.96. The highest BCUT2D eigenvalue weighted by Crippen LogP contribution is 2.19. The van der Waals surface area contributed by atoms with Gasteiger partial charge in [-0.15, -0.1) is 0 Å². The number of ether oxygens (including phenoxy) is 1. The molecule has 0 bridgehead atoms. The highest BCUT2D eigenvalue weighted by molar-refractivity contribution is 6.06. The molecule has 0 heterocycles. The maximum Gasteiger partial charge on any atom is 0.185 e. The van der Waals surface area contributed by atoms with Crippen molar-refractivity contribution in [3.8, 4) is 5.75 Å². The quantitative estimate of drug-likeness (QED) is 0.623. The Balaban J connectivity index is 2.18. The normalized spacial score (nSPS) is 10.9. The molecule has 2 aromatic rings. The lowest BCUT2D eigenvalue weighted by atomic mass is 10.1. The summed E-state index contributed by atoms with van der Waals surface area (Å²) in [4.78, 5) is 11.9. The maximum atomic E-state index is 13.1. The van der Waals surface area contributed by atoms with Crippen molar-refractivity contribution in [1.82, 2.24) is 0 Å². The molecule has 2 rings (SSSR count). The standard InChI is InChI=1S/C17H14F2O2/c1-11-9-12(4-8-17(11)21-2)3-7-16(20)13-5-6-14(18)15(19)10-13/h3-10H,1-2H3. The number of benzene rings is 2. The Morgan fingerprint density at radius 1 is 1.10 bits per heavy atom. The number of rotatable bonds is 4. The maximum absolute atomic E-state index is 13.1. The zero-order valence-electron chi connectivity index (χ0n) is 11.7. The Labute approximate surface area is 121 Å². The second kappa shape index (κ2) is 6.31. The van der Waals surface area contributed by atoms with Crippen LogP contribution in [0.25, 0.3) is 6.08 Å². The van der Waals surface area contributed by atoms with Crippen molar-refractivity contribution in [2.75, 3.05) is 7.11 Å². The number of aryl methyl sites for hydroxylation is 1. The van der Waals surface area contributed by atoms with Crippen LogP contribution in [0.5, 0.6) is 5.75 Å². The van der Waals surface area contributed by atoms with Crippen molar-refractivity contribution in [3.63, 3.8) is 0 Å². The third-order valence-electron chi connectivity index (χ3n) is 3.05. The molecule has 0 saturated heterocycles. The molecule has 0 aliphatic rings. The van der Waals surface area contributed by atoms with Crippen molar-refractivity contribution in [3.05, 3.63) is 70.8 Å². The van der Waals surface area contributed by atoms with Gasteiger partial charge in [-0.05, 0) is 54.5 Å². The smallest absolute Gasteiger partial charge is 0.185 e. The van der Waals surface area contributed by atoms with Gasteiger partial charge in [0.15, 0.2) is 17.4 Å². The second-order valence-electron chi connectivity index (χ2n) is 4.56. The first-order valence-electron chi connectivity index (χ1n) is 6.33. The predicted molar refractivity (Wildman–Crippen MR) is 77.5 cm³/mol. The van der Waals surface area contributed by atoms with E-state index in [0.29, 0.717) is 0 Å². The molecule has 2 aromatic carbocycles. The molecule has 0 aliphatic heterocycles. The third-order valence-corrected chi connectivity index (χ3v) is 3.05. The van der Waals surface area contributed by atoms with E-state index in [2.05, 4.69) is 0 Å². The fraction of sp³-hybridized carbons (Fsp3) is 0.118. The summed E-state index contributed by atoms with van der Waals surface area (Å²) in [6, 6.07) is 8.56. The number of methoxy groups -OCH3 is 1. The first kappa shape index (κ1) is 14.9. The Hall–Kier alpha value is -2.49. The van der Waals surface area contributed by atoms with E-state index in [1.54, 1.807) is 25.3 Å². The first-order valence-corrected chi connectivity index (χ1v) is 6.33. The van der Waals surface area contributed by atoms with Gasteiger partial charge >= 0.3 is 0 Å². The largest absolute Gasteiger partial charge is 0.496 e. The molecule has 0 amide bonds. The van der Waals surface area contributed by atoms with E-state index in [1.165, 1.54) is 12.1 Å². The average molecular weight is 288 g/mol. The van der Waals surface area contributed by atoms with Gasteiger partial charge in [0.05, 0.1) is 7.11 Å². The van der Waals surface area contributed by atoms with E-state index in [4.69, 9.17) is 4.74 Å². The van der Waals surface area contributed by atoms with Crippen LogP contribution in [0.15, 0.2) is 42.5 Å². The van der Waals surface area contributed by atoms with Gasteiger partial charge in [0.25, 0.3) is 0 Å². The monoisotopic (exact) mass is 288 g/mol. The summed E-state index contributed by atoms with van der Waals surface area (Å²) in [5.41, 5.74) is 1.87. The summed E-state index contributed by atoms with van der Waals surface area (Å²) >= 11 is 0. The minimum Gasteiger partial charge on any atom is -0.496 e. The van der Waals surface area contributed by atoms with E-state index in [0.717, 1.165) is 29.0 Å². The van der Waals surface area contributed by atoms with Crippen LogP contribution < -0.4 is 4.74 Å². The number of ketones is 1. The fourth-order valence-corrected chi connectivity index (χ4v) is 1.92. The van der Waals surface area contributed by atoms with Gasteiger partial charge in [-0.1, -0.05) is 12.1 Å². The number of hydrogen-bond donors (Lipinski definition) is 0. The summed E-state index contributed by atoms with van der Waals surface area (Å²) in [6.07, 6.45) is 2.95. The molecule has 0 spiro atoms. The van der Waals surface area contributed by atoms with Gasteiger partial charge < -0.3 is 4.74 Å². The molecule has 4 heteroatoms. The van der Waals surface area contributed by atoms with Crippen LogP contribution in [0.4, 0.5) is 8.78 Å². The third kappa shape index (κ3) is 3.54. The van der Waals surface area contributed by atoms with Crippen LogP contribution in [-0.4, -0.2) is 12.9 Å². The first-order chi connectivity index (χ1) is 10.0. The summed E-state index contributed by atoms with van der Waals surface area (Å²) in [5.74, 6) is -1.63. The topological polar surface area (TPSA) is 26.3 Å². The molecule has 0 aliphatic carbocycles. The van der Waals surface area contributed by atoms with Gasteiger partial charge in [0.2, 0.25) is 0 Å². The molecular weight excluding hydrogens is 274 g/mol. The van der Waals surface area contributed by atoms with Crippen LogP contribution in [0.2, 0.25) is 0 Å². The van der Waals surface area contributed by atoms with Gasteiger partial charge in [0.1, 0.15) is 5.75 Å². The Bertz CT molecular complexity index is 706. The van der Waals surface area contributed by atoms with Crippen molar-refractivity contribution in [2.45, 2.75) is 6.92 Å². The number of hydrogen-bond acceptors (Lipinski definition) is 2. The summed E-state index contributed by atoms with van der Waals surface area (Å²) in [5, 5.41) is 0. The molecule has 21 heavy (non-hydrogen) atoms.